The third-order valence-electron chi connectivity index (χ3n) is 4.00. The topological polar surface area (TPSA) is 74.3 Å². The fraction of sp³-hybridized carbons (Fsp3) is 0.150. The SMILES string of the molecule is CNC(=O)c1ccc(CN(C)C(=O)Nc2nc(-c3ccccc3)cs2)cc1. The number of nitrogens with zero attached hydrogens (tertiary/aromatic N) is 2. The van der Waals surface area contributed by atoms with E-state index in [-0.39, 0.29) is 11.9 Å². The summed E-state index contributed by atoms with van der Waals surface area (Å²) in [4.78, 5) is 30.0. The summed E-state index contributed by atoms with van der Waals surface area (Å²) in [5.74, 6) is -0.134. The van der Waals surface area contributed by atoms with Crippen molar-refractivity contribution in [3.8, 4) is 11.3 Å². The molecule has 0 aliphatic carbocycles. The maximum absolute atomic E-state index is 12.4. The Morgan fingerprint density at radius 2 is 1.78 bits per heavy atom. The number of hydrogen-bond donors (Lipinski definition) is 2. The van der Waals surface area contributed by atoms with E-state index in [0.717, 1.165) is 16.8 Å². The van der Waals surface area contributed by atoms with Gasteiger partial charge in [-0.15, -0.1) is 11.3 Å². The quantitative estimate of drug-likeness (QED) is 0.706. The van der Waals surface area contributed by atoms with Gasteiger partial charge in [0.15, 0.2) is 5.13 Å². The minimum atomic E-state index is -0.237. The van der Waals surface area contributed by atoms with Crippen LogP contribution in [0, 0.1) is 0 Å². The molecule has 7 heteroatoms. The molecule has 0 radical (unpaired) electrons. The molecule has 3 amide bonds. The smallest absolute Gasteiger partial charge is 0.323 e. The number of carbonyl (C=O) groups is 2. The zero-order valence-corrected chi connectivity index (χ0v) is 15.9. The summed E-state index contributed by atoms with van der Waals surface area (Å²) in [5.41, 5.74) is 3.37. The number of hydrogen-bond acceptors (Lipinski definition) is 4. The molecule has 3 rings (SSSR count). The molecular formula is C20H20N4O2S. The Morgan fingerprint density at radius 1 is 1.07 bits per heavy atom. The first-order valence-corrected chi connectivity index (χ1v) is 9.29. The van der Waals surface area contributed by atoms with Crippen molar-refractivity contribution in [2.45, 2.75) is 6.54 Å². The molecule has 0 aliphatic heterocycles. The minimum Gasteiger partial charge on any atom is -0.355 e. The largest absolute Gasteiger partial charge is 0.355 e. The fourth-order valence-corrected chi connectivity index (χ4v) is 3.22. The van der Waals surface area contributed by atoms with E-state index in [1.165, 1.54) is 11.3 Å². The van der Waals surface area contributed by atoms with E-state index in [9.17, 15) is 9.59 Å². The lowest BCUT2D eigenvalue weighted by molar-refractivity contribution is 0.0963. The Hall–Kier alpha value is -3.19. The van der Waals surface area contributed by atoms with Gasteiger partial charge in [0, 0.05) is 37.1 Å². The Kier molecular flexibility index (Phi) is 5.83. The van der Waals surface area contributed by atoms with Gasteiger partial charge < -0.3 is 10.2 Å². The minimum absolute atomic E-state index is 0.134. The second-order valence-corrected chi connectivity index (χ2v) is 6.82. The van der Waals surface area contributed by atoms with Gasteiger partial charge in [-0.1, -0.05) is 42.5 Å². The van der Waals surface area contributed by atoms with Gasteiger partial charge in [0.2, 0.25) is 0 Å². The number of urea groups is 1. The summed E-state index contributed by atoms with van der Waals surface area (Å²) in [5, 5.41) is 7.88. The number of benzene rings is 2. The lowest BCUT2D eigenvalue weighted by Crippen LogP contribution is -2.30. The molecule has 0 saturated heterocycles. The molecule has 0 atom stereocenters. The first-order valence-electron chi connectivity index (χ1n) is 8.41. The second-order valence-electron chi connectivity index (χ2n) is 5.97. The molecule has 138 valence electrons. The molecule has 2 N–H and O–H groups in total. The zero-order valence-electron chi connectivity index (χ0n) is 15.1. The highest BCUT2D eigenvalue weighted by atomic mass is 32.1. The van der Waals surface area contributed by atoms with Gasteiger partial charge in [-0.2, -0.15) is 0 Å². The average Bonchev–Trinajstić information content (AvgIpc) is 3.17. The van der Waals surface area contributed by atoms with Crippen LogP contribution in [0.2, 0.25) is 0 Å². The summed E-state index contributed by atoms with van der Waals surface area (Å²) in [6.45, 7) is 0.427. The predicted molar refractivity (Wildman–Crippen MR) is 108 cm³/mol. The van der Waals surface area contributed by atoms with Crippen LogP contribution in [0.25, 0.3) is 11.3 Å². The number of nitrogens with one attached hydrogen (secondary N) is 2. The maximum Gasteiger partial charge on any atom is 0.323 e. The van der Waals surface area contributed by atoms with Crippen molar-refractivity contribution in [1.82, 2.24) is 15.2 Å². The van der Waals surface area contributed by atoms with Gasteiger partial charge in [-0.05, 0) is 17.7 Å². The van der Waals surface area contributed by atoms with E-state index in [1.54, 1.807) is 31.1 Å². The van der Waals surface area contributed by atoms with Gasteiger partial charge in [-0.3, -0.25) is 10.1 Å². The molecule has 27 heavy (non-hydrogen) atoms. The summed E-state index contributed by atoms with van der Waals surface area (Å²) in [6.07, 6.45) is 0. The highest BCUT2D eigenvalue weighted by Crippen LogP contribution is 2.24. The molecule has 6 nitrogen and oxygen atoms in total. The number of thiazole rings is 1. The predicted octanol–water partition coefficient (Wildman–Crippen LogP) is 3.83. The average molecular weight is 380 g/mol. The lowest BCUT2D eigenvalue weighted by Gasteiger charge is -2.17. The summed E-state index contributed by atoms with van der Waals surface area (Å²) < 4.78 is 0. The van der Waals surface area contributed by atoms with Crippen LogP contribution in [0.15, 0.2) is 60.0 Å². The van der Waals surface area contributed by atoms with Crippen molar-refractivity contribution in [2.24, 2.45) is 0 Å². The number of rotatable bonds is 5. The monoisotopic (exact) mass is 380 g/mol. The van der Waals surface area contributed by atoms with E-state index < -0.39 is 0 Å². The molecule has 1 aromatic heterocycles. The van der Waals surface area contributed by atoms with E-state index >= 15 is 0 Å². The van der Waals surface area contributed by atoms with Crippen molar-refractivity contribution in [1.29, 1.82) is 0 Å². The van der Waals surface area contributed by atoms with Crippen molar-refractivity contribution in [3.05, 3.63) is 71.1 Å². The first kappa shape index (κ1) is 18.6. The van der Waals surface area contributed by atoms with E-state index in [0.29, 0.717) is 17.2 Å². The number of anilines is 1. The van der Waals surface area contributed by atoms with Gasteiger partial charge in [-0.25, -0.2) is 9.78 Å². The van der Waals surface area contributed by atoms with Crippen molar-refractivity contribution >= 4 is 28.4 Å². The van der Waals surface area contributed by atoms with Crippen LogP contribution in [-0.2, 0) is 6.54 Å². The van der Waals surface area contributed by atoms with Crippen LogP contribution in [0.4, 0.5) is 9.93 Å². The highest BCUT2D eigenvalue weighted by molar-refractivity contribution is 7.14. The molecule has 3 aromatic rings. The first-order chi connectivity index (χ1) is 13.1. The summed E-state index contributed by atoms with van der Waals surface area (Å²) >= 11 is 1.39. The van der Waals surface area contributed by atoms with Gasteiger partial charge in [0.25, 0.3) is 5.91 Å². The molecule has 0 spiro atoms. The third kappa shape index (κ3) is 4.71. The normalized spacial score (nSPS) is 10.3. The zero-order chi connectivity index (χ0) is 19.2. The lowest BCUT2D eigenvalue weighted by atomic mass is 10.1. The van der Waals surface area contributed by atoms with E-state index in [1.807, 2.05) is 47.8 Å². The van der Waals surface area contributed by atoms with Crippen molar-refractivity contribution < 1.29 is 9.59 Å². The third-order valence-corrected chi connectivity index (χ3v) is 4.75. The van der Waals surface area contributed by atoms with Crippen LogP contribution >= 0.6 is 11.3 Å². The molecule has 0 saturated carbocycles. The molecule has 1 heterocycles. The van der Waals surface area contributed by atoms with Crippen LogP contribution < -0.4 is 10.6 Å². The molecule has 0 fully saturated rings. The molecule has 0 aliphatic rings. The van der Waals surface area contributed by atoms with Crippen LogP contribution in [-0.4, -0.2) is 35.9 Å². The number of amides is 3. The Balaban J connectivity index is 1.59. The van der Waals surface area contributed by atoms with E-state index in [2.05, 4.69) is 15.6 Å². The van der Waals surface area contributed by atoms with E-state index in [4.69, 9.17) is 0 Å². The Morgan fingerprint density at radius 3 is 2.44 bits per heavy atom. The van der Waals surface area contributed by atoms with Gasteiger partial charge >= 0.3 is 6.03 Å². The Labute approximate surface area is 161 Å². The fourth-order valence-electron chi connectivity index (χ4n) is 2.51. The number of aromatic nitrogens is 1. The summed E-state index contributed by atoms with van der Waals surface area (Å²) in [6, 6.07) is 16.8. The number of carbonyl (C=O) groups excluding carboxylic acids is 2. The van der Waals surface area contributed by atoms with Gasteiger partial charge in [0.1, 0.15) is 0 Å². The molecule has 0 bridgehead atoms. The standard InChI is InChI=1S/C20H20N4O2S/c1-21-18(25)16-10-8-14(9-11-16)12-24(2)20(26)23-19-22-17(13-27-19)15-6-4-3-5-7-15/h3-11,13H,12H2,1-2H3,(H,21,25)(H,22,23,26). The Bertz CT molecular complexity index is 923. The van der Waals surface area contributed by atoms with Crippen LogP contribution in [0.3, 0.4) is 0 Å². The second kappa shape index (κ2) is 8.46. The highest BCUT2D eigenvalue weighted by Gasteiger charge is 2.13. The molecular weight excluding hydrogens is 360 g/mol. The van der Waals surface area contributed by atoms with Crippen LogP contribution in [0.1, 0.15) is 15.9 Å². The van der Waals surface area contributed by atoms with Crippen molar-refractivity contribution in [2.75, 3.05) is 19.4 Å². The molecule has 2 aromatic carbocycles. The maximum atomic E-state index is 12.4. The summed E-state index contributed by atoms with van der Waals surface area (Å²) in [7, 11) is 3.31. The van der Waals surface area contributed by atoms with Crippen LogP contribution in [0.5, 0.6) is 0 Å². The van der Waals surface area contributed by atoms with Crippen molar-refractivity contribution in [3.63, 3.8) is 0 Å². The molecule has 0 unspecified atom stereocenters. The van der Waals surface area contributed by atoms with Gasteiger partial charge in [0.05, 0.1) is 5.69 Å².